The van der Waals surface area contributed by atoms with Crippen molar-refractivity contribution in [3.63, 3.8) is 0 Å². The second-order valence-electron chi connectivity index (χ2n) is 5.62. The maximum absolute atomic E-state index is 12.0. The molecule has 7 heteroatoms. The van der Waals surface area contributed by atoms with E-state index < -0.39 is 11.9 Å². The molecule has 0 aromatic rings. The molecule has 1 atom stereocenters. The van der Waals surface area contributed by atoms with Crippen molar-refractivity contribution in [1.82, 2.24) is 0 Å². The molecule has 0 bridgehead atoms. The average Bonchev–Trinajstić information content (AvgIpc) is 2.52. The van der Waals surface area contributed by atoms with E-state index in [-0.39, 0.29) is 67.5 Å². The van der Waals surface area contributed by atoms with Crippen LogP contribution in [0.4, 0.5) is 0 Å². The summed E-state index contributed by atoms with van der Waals surface area (Å²) in [6.07, 6.45) is 6.65. The van der Waals surface area contributed by atoms with Gasteiger partial charge in [-0.05, 0) is 12.8 Å². The van der Waals surface area contributed by atoms with Gasteiger partial charge in [-0.1, -0.05) is 46.0 Å². The Hall–Kier alpha value is -0.590. The number of unbranched alkanes of at least 4 members (excludes halogenated alkanes) is 3. The molecule has 0 aliphatic heterocycles. The number of esters is 2. The van der Waals surface area contributed by atoms with Gasteiger partial charge in [0, 0.05) is 29.6 Å². The Morgan fingerprint density at radius 3 is 2.12 bits per heavy atom. The molecule has 0 heterocycles. The van der Waals surface area contributed by atoms with Crippen LogP contribution in [-0.4, -0.2) is 65.8 Å². The van der Waals surface area contributed by atoms with Crippen LogP contribution in [0.5, 0.6) is 0 Å². The van der Waals surface area contributed by atoms with Gasteiger partial charge in [-0.15, -0.1) is 0 Å². The van der Waals surface area contributed by atoms with Gasteiger partial charge in [-0.2, -0.15) is 0 Å². The third kappa shape index (κ3) is 15.0. The molecule has 0 saturated heterocycles. The zero-order valence-corrected chi connectivity index (χ0v) is 17.3. The van der Waals surface area contributed by atoms with Gasteiger partial charge in [0.25, 0.3) is 0 Å². The molecular formula is C17H30NaO6. The van der Waals surface area contributed by atoms with E-state index in [9.17, 15) is 14.4 Å². The van der Waals surface area contributed by atoms with Gasteiger partial charge in [0.05, 0.1) is 18.8 Å². The zero-order valence-electron chi connectivity index (χ0n) is 15.3. The molecule has 1 N–H and O–H groups in total. The van der Waals surface area contributed by atoms with Crippen molar-refractivity contribution in [1.29, 1.82) is 0 Å². The van der Waals surface area contributed by atoms with Crippen molar-refractivity contribution in [3.8, 4) is 0 Å². The summed E-state index contributed by atoms with van der Waals surface area (Å²) in [6.45, 7) is 4.18. The molecule has 6 nitrogen and oxygen atoms in total. The number of rotatable bonds is 14. The SMILES string of the molecule is CCCCCC[C@@H](CCC)C(=O)OCCOC(=O)CCC(=O)O.[Na]. The number of carbonyl (C=O) groups excluding carboxylic acids is 2. The van der Waals surface area contributed by atoms with Crippen LogP contribution >= 0.6 is 0 Å². The normalized spacial score (nSPS) is 11.2. The summed E-state index contributed by atoms with van der Waals surface area (Å²) in [5, 5.41) is 8.45. The van der Waals surface area contributed by atoms with E-state index in [1.807, 2.05) is 6.92 Å². The zero-order chi connectivity index (χ0) is 17.5. The monoisotopic (exact) mass is 353 g/mol. The van der Waals surface area contributed by atoms with Crippen molar-refractivity contribution in [2.24, 2.45) is 5.92 Å². The van der Waals surface area contributed by atoms with Crippen LogP contribution in [0, 0.1) is 5.92 Å². The van der Waals surface area contributed by atoms with Gasteiger partial charge in [-0.3, -0.25) is 14.4 Å². The number of hydrogen-bond donors (Lipinski definition) is 1. The van der Waals surface area contributed by atoms with Crippen LogP contribution in [0.25, 0.3) is 0 Å². The molecule has 0 aromatic carbocycles. The van der Waals surface area contributed by atoms with E-state index >= 15 is 0 Å². The predicted molar refractivity (Wildman–Crippen MR) is 91.7 cm³/mol. The molecule has 0 spiro atoms. The van der Waals surface area contributed by atoms with Gasteiger partial charge in [0.2, 0.25) is 0 Å². The van der Waals surface area contributed by atoms with Gasteiger partial charge >= 0.3 is 17.9 Å². The van der Waals surface area contributed by atoms with Crippen LogP contribution in [0.15, 0.2) is 0 Å². The summed E-state index contributed by atoms with van der Waals surface area (Å²) < 4.78 is 9.97. The Morgan fingerprint density at radius 1 is 0.875 bits per heavy atom. The van der Waals surface area contributed by atoms with Crippen LogP contribution in [0.1, 0.15) is 71.6 Å². The Labute approximate surface area is 166 Å². The van der Waals surface area contributed by atoms with E-state index in [0.29, 0.717) is 0 Å². The van der Waals surface area contributed by atoms with Crippen LogP contribution in [-0.2, 0) is 23.9 Å². The minimum Gasteiger partial charge on any atom is -0.481 e. The number of carboxylic acid groups (broad SMARTS) is 1. The summed E-state index contributed by atoms with van der Waals surface area (Å²) in [7, 11) is 0. The summed E-state index contributed by atoms with van der Waals surface area (Å²) >= 11 is 0. The number of carbonyl (C=O) groups is 3. The molecule has 0 fully saturated rings. The fourth-order valence-corrected chi connectivity index (χ4v) is 2.24. The van der Waals surface area contributed by atoms with Crippen molar-refractivity contribution < 1.29 is 29.0 Å². The van der Waals surface area contributed by atoms with Gasteiger partial charge in [0.1, 0.15) is 13.2 Å². The first-order valence-corrected chi connectivity index (χ1v) is 8.55. The van der Waals surface area contributed by atoms with Crippen LogP contribution < -0.4 is 0 Å². The number of carboxylic acids is 1. The first kappa shape index (κ1) is 25.6. The molecule has 24 heavy (non-hydrogen) atoms. The average molecular weight is 353 g/mol. The summed E-state index contributed by atoms with van der Waals surface area (Å²) in [5.41, 5.74) is 0. The molecule has 0 aliphatic carbocycles. The summed E-state index contributed by atoms with van der Waals surface area (Å²) in [4.78, 5) is 33.5. The smallest absolute Gasteiger partial charge is 0.309 e. The molecule has 0 rings (SSSR count). The molecule has 135 valence electrons. The van der Waals surface area contributed by atoms with E-state index in [2.05, 4.69) is 6.92 Å². The summed E-state index contributed by atoms with van der Waals surface area (Å²) in [5.74, 6) is -1.95. The van der Waals surface area contributed by atoms with Gasteiger partial charge < -0.3 is 14.6 Å². The quantitative estimate of drug-likeness (QED) is 0.293. The minimum absolute atomic E-state index is 0. The molecular weight excluding hydrogens is 323 g/mol. The van der Waals surface area contributed by atoms with E-state index in [1.165, 1.54) is 6.42 Å². The van der Waals surface area contributed by atoms with E-state index in [4.69, 9.17) is 14.6 Å². The summed E-state index contributed by atoms with van der Waals surface area (Å²) in [6, 6.07) is 0. The Morgan fingerprint density at radius 2 is 1.54 bits per heavy atom. The topological polar surface area (TPSA) is 89.9 Å². The van der Waals surface area contributed by atoms with Crippen LogP contribution in [0.3, 0.4) is 0 Å². The Bertz CT molecular complexity index is 359. The van der Waals surface area contributed by atoms with Crippen LogP contribution in [0.2, 0.25) is 0 Å². The first-order chi connectivity index (χ1) is 11.0. The molecule has 0 saturated carbocycles. The Balaban J connectivity index is 0. The maximum atomic E-state index is 12.0. The second kappa shape index (κ2) is 17.2. The first-order valence-electron chi connectivity index (χ1n) is 8.55. The molecule has 0 unspecified atom stereocenters. The Kier molecular flexibility index (Phi) is 18.4. The number of aliphatic carboxylic acids is 1. The third-order valence-electron chi connectivity index (χ3n) is 3.51. The minimum atomic E-state index is -1.04. The molecule has 0 aromatic heterocycles. The number of ether oxygens (including phenoxy) is 2. The molecule has 0 amide bonds. The van der Waals surface area contributed by atoms with Crippen molar-refractivity contribution >= 4 is 47.5 Å². The molecule has 1 radical (unpaired) electrons. The fraction of sp³-hybridized carbons (Fsp3) is 0.824. The third-order valence-corrected chi connectivity index (χ3v) is 3.51. The standard InChI is InChI=1S/C17H30O6.Na/c1-3-5-6-7-9-14(8-4-2)17(21)23-13-12-22-16(20)11-10-15(18)19;/h14H,3-13H2,1-2H3,(H,18,19);/t14-;/m1./s1. The van der Waals surface area contributed by atoms with Crippen molar-refractivity contribution in [2.75, 3.05) is 13.2 Å². The second-order valence-corrected chi connectivity index (χ2v) is 5.62. The van der Waals surface area contributed by atoms with Crippen molar-refractivity contribution in [3.05, 3.63) is 0 Å². The van der Waals surface area contributed by atoms with E-state index in [0.717, 1.165) is 38.5 Å². The molecule has 0 aliphatic rings. The van der Waals surface area contributed by atoms with Gasteiger partial charge in [-0.25, -0.2) is 0 Å². The fourth-order valence-electron chi connectivity index (χ4n) is 2.24. The number of hydrogen-bond acceptors (Lipinski definition) is 5. The predicted octanol–water partition coefficient (Wildman–Crippen LogP) is 2.94. The van der Waals surface area contributed by atoms with Gasteiger partial charge in [0.15, 0.2) is 0 Å². The van der Waals surface area contributed by atoms with Crippen molar-refractivity contribution in [2.45, 2.75) is 71.6 Å². The maximum Gasteiger partial charge on any atom is 0.309 e. The largest absolute Gasteiger partial charge is 0.481 e. The van der Waals surface area contributed by atoms with E-state index in [1.54, 1.807) is 0 Å².